The number of aromatic nitrogens is 2. The molecule has 0 radical (unpaired) electrons. The second kappa shape index (κ2) is 14.7. The maximum atomic E-state index is 6.26. The van der Waals surface area contributed by atoms with Gasteiger partial charge in [-0.3, -0.25) is 9.97 Å². The Labute approximate surface area is 306 Å². The SMILES string of the molecule is CN1CCC(C2c3ccc(Cl)cc3C=Cc3cc(Br)cnc32)CC1.Clc1ccc2c(c1)C=Cc1cc(Br)cnc1C2C1CCNCC1.[HH]. The van der Waals surface area contributed by atoms with E-state index in [1.165, 1.54) is 70.5 Å². The van der Waals surface area contributed by atoms with Gasteiger partial charge in [0.15, 0.2) is 0 Å². The fraction of sp³-hybridized carbons (Fsp3) is 0.333. The number of benzene rings is 2. The zero-order valence-electron chi connectivity index (χ0n) is 26.4. The lowest BCUT2D eigenvalue weighted by molar-refractivity contribution is 0.206. The third kappa shape index (κ3) is 7.34. The number of pyridine rings is 2. The van der Waals surface area contributed by atoms with Crippen molar-refractivity contribution in [3.63, 3.8) is 0 Å². The summed E-state index contributed by atoms with van der Waals surface area (Å²) in [4.78, 5) is 12.1. The quantitative estimate of drug-likeness (QED) is 0.219. The van der Waals surface area contributed by atoms with Crippen molar-refractivity contribution >= 4 is 79.4 Å². The number of nitrogens with zero attached hydrogens (tertiary/aromatic N) is 3. The summed E-state index contributed by atoms with van der Waals surface area (Å²) >= 11 is 19.6. The van der Waals surface area contributed by atoms with E-state index in [4.69, 9.17) is 33.2 Å². The number of hydrogen-bond acceptors (Lipinski definition) is 4. The first-order chi connectivity index (χ1) is 22.8. The van der Waals surface area contributed by atoms with Crippen LogP contribution in [0, 0.1) is 11.8 Å². The van der Waals surface area contributed by atoms with Crippen LogP contribution in [0.1, 0.15) is 83.7 Å². The second-order valence-corrected chi connectivity index (χ2v) is 15.9. The van der Waals surface area contributed by atoms with E-state index in [1.807, 2.05) is 24.5 Å². The van der Waals surface area contributed by atoms with Gasteiger partial charge in [0.25, 0.3) is 0 Å². The van der Waals surface area contributed by atoms with Crippen LogP contribution in [0.3, 0.4) is 0 Å². The van der Waals surface area contributed by atoms with Gasteiger partial charge < -0.3 is 10.2 Å². The molecular formula is C39H40Br2Cl2N4. The molecule has 1 N–H and O–H groups in total. The summed E-state index contributed by atoms with van der Waals surface area (Å²) in [6.07, 6.45) is 17.3. The van der Waals surface area contributed by atoms with Crippen LogP contribution in [0.15, 0.2) is 69.9 Å². The van der Waals surface area contributed by atoms with Gasteiger partial charge in [-0.2, -0.15) is 0 Å². The van der Waals surface area contributed by atoms with E-state index in [1.54, 1.807) is 0 Å². The Morgan fingerprint density at radius 3 is 1.60 bits per heavy atom. The fourth-order valence-corrected chi connectivity index (χ4v) is 8.87. The van der Waals surface area contributed by atoms with Crippen molar-refractivity contribution in [2.24, 2.45) is 11.8 Å². The molecule has 0 spiro atoms. The molecule has 2 saturated heterocycles. The van der Waals surface area contributed by atoms with Gasteiger partial charge in [-0.25, -0.2) is 0 Å². The van der Waals surface area contributed by atoms with Crippen molar-refractivity contribution in [2.75, 3.05) is 33.2 Å². The van der Waals surface area contributed by atoms with Crippen molar-refractivity contribution in [2.45, 2.75) is 37.5 Å². The summed E-state index contributed by atoms with van der Waals surface area (Å²) in [5.74, 6) is 1.91. The molecule has 0 saturated carbocycles. The summed E-state index contributed by atoms with van der Waals surface area (Å²) < 4.78 is 2.05. The fourth-order valence-electron chi connectivity index (χ4n) is 7.81. The molecule has 4 nitrogen and oxygen atoms in total. The maximum absolute atomic E-state index is 6.26. The normalized spacial score (nSPS) is 21.0. The Morgan fingerprint density at radius 2 is 1.11 bits per heavy atom. The van der Waals surface area contributed by atoms with E-state index < -0.39 is 0 Å². The highest BCUT2D eigenvalue weighted by molar-refractivity contribution is 9.10. The summed E-state index contributed by atoms with van der Waals surface area (Å²) in [6, 6.07) is 16.9. The number of hydrogen-bond donors (Lipinski definition) is 1. The molecule has 2 aliphatic carbocycles. The van der Waals surface area contributed by atoms with Gasteiger partial charge in [0.2, 0.25) is 0 Å². The van der Waals surface area contributed by atoms with E-state index in [9.17, 15) is 0 Å². The van der Waals surface area contributed by atoms with Crippen molar-refractivity contribution < 1.29 is 1.43 Å². The summed E-state index contributed by atoms with van der Waals surface area (Å²) in [5.41, 5.74) is 9.96. The van der Waals surface area contributed by atoms with Gasteiger partial charge in [0.05, 0.1) is 11.4 Å². The van der Waals surface area contributed by atoms with Gasteiger partial charge >= 0.3 is 0 Å². The first kappa shape index (κ1) is 33.2. The molecular weight excluding hydrogens is 755 g/mol. The molecule has 2 fully saturated rings. The zero-order chi connectivity index (χ0) is 32.5. The number of fused-ring (bicyclic) bond motifs is 4. The number of rotatable bonds is 2. The number of likely N-dealkylation sites (tertiary alicyclic amines) is 1. The predicted octanol–water partition coefficient (Wildman–Crippen LogP) is 10.8. The lowest BCUT2D eigenvalue weighted by Crippen LogP contribution is -2.33. The highest BCUT2D eigenvalue weighted by Gasteiger charge is 2.33. The lowest BCUT2D eigenvalue weighted by Gasteiger charge is -2.35. The van der Waals surface area contributed by atoms with Crippen LogP contribution in [-0.2, 0) is 0 Å². The largest absolute Gasteiger partial charge is 0.317 e. The molecule has 47 heavy (non-hydrogen) atoms. The molecule has 2 aromatic carbocycles. The standard InChI is InChI=1S/C20H20BrClN2.C19H18BrClN2.H2/c1-24-8-6-13(7-9-24)19-18-5-4-17(22)11-14(18)2-3-15-10-16(21)12-23-20(15)19;20-15-9-14-2-1-13-10-16(21)3-4-17(13)18(19(14)23-11-15)12-5-7-22-8-6-12;/h2-5,10-13,19H,6-9H2,1H3;1-4,9-12,18,22H,5-8H2;1H. The molecule has 2 aliphatic heterocycles. The zero-order valence-corrected chi connectivity index (χ0v) is 31.1. The van der Waals surface area contributed by atoms with Crippen molar-refractivity contribution in [3.8, 4) is 0 Å². The van der Waals surface area contributed by atoms with Crippen molar-refractivity contribution in [1.29, 1.82) is 0 Å². The predicted molar refractivity (Wildman–Crippen MR) is 206 cm³/mol. The first-order valence-corrected chi connectivity index (χ1v) is 18.8. The molecule has 4 aromatic rings. The molecule has 2 atom stereocenters. The van der Waals surface area contributed by atoms with Crippen LogP contribution in [0.4, 0.5) is 0 Å². The lowest BCUT2D eigenvalue weighted by atomic mass is 9.76. The molecule has 4 heterocycles. The average Bonchev–Trinajstić information content (AvgIpc) is 3.33. The van der Waals surface area contributed by atoms with E-state index in [0.717, 1.165) is 45.2 Å². The molecule has 244 valence electrons. The molecule has 0 bridgehead atoms. The molecule has 2 aromatic heterocycles. The number of halogens is 4. The van der Waals surface area contributed by atoms with Crippen LogP contribution in [0.2, 0.25) is 10.0 Å². The van der Waals surface area contributed by atoms with E-state index >= 15 is 0 Å². The van der Waals surface area contributed by atoms with Gasteiger partial charge in [0.1, 0.15) is 0 Å². The average molecular weight is 795 g/mol. The summed E-state index contributed by atoms with van der Waals surface area (Å²) in [7, 11) is 2.21. The maximum Gasteiger partial charge on any atom is 0.0554 e. The number of nitrogens with one attached hydrogen (secondary N) is 1. The Morgan fingerprint density at radius 1 is 0.660 bits per heavy atom. The molecule has 2 unspecified atom stereocenters. The van der Waals surface area contributed by atoms with Gasteiger partial charge in [0, 0.05) is 44.6 Å². The Bertz CT molecular complexity index is 1720. The first-order valence-electron chi connectivity index (χ1n) is 16.5. The Hall–Kier alpha value is -2.32. The smallest absolute Gasteiger partial charge is 0.0554 e. The van der Waals surface area contributed by atoms with Crippen LogP contribution < -0.4 is 5.32 Å². The highest BCUT2D eigenvalue weighted by Crippen LogP contribution is 2.44. The highest BCUT2D eigenvalue weighted by atomic mass is 79.9. The van der Waals surface area contributed by atoms with Crippen molar-refractivity contribution in [3.05, 3.63) is 125 Å². The van der Waals surface area contributed by atoms with E-state index in [2.05, 4.69) is 110 Å². The van der Waals surface area contributed by atoms with Crippen LogP contribution >= 0.6 is 55.1 Å². The minimum atomic E-state index is 0. The summed E-state index contributed by atoms with van der Waals surface area (Å²) in [6.45, 7) is 4.49. The minimum absolute atomic E-state index is 0. The third-order valence-corrected chi connectivity index (χ3v) is 11.5. The number of piperidine rings is 2. The van der Waals surface area contributed by atoms with Crippen molar-refractivity contribution in [1.82, 2.24) is 20.2 Å². The molecule has 0 amide bonds. The molecule has 4 aliphatic rings. The summed E-state index contributed by atoms with van der Waals surface area (Å²) in [5, 5.41) is 5.05. The Balaban J connectivity index is 0.000000164. The topological polar surface area (TPSA) is 41.1 Å². The van der Waals surface area contributed by atoms with Crippen LogP contribution in [0.25, 0.3) is 24.3 Å². The van der Waals surface area contributed by atoms with Crippen LogP contribution in [-0.4, -0.2) is 48.1 Å². The van der Waals surface area contributed by atoms with Gasteiger partial charge in [-0.05, 0) is 172 Å². The van der Waals surface area contributed by atoms with Crippen LogP contribution in [0.5, 0.6) is 0 Å². The minimum Gasteiger partial charge on any atom is -0.317 e. The molecule has 8 rings (SSSR count). The van der Waals surface area contributed by atoms with Gasteiger partial charge in [-0.1, -0.05) is 59.6 Å². The second-order valence-electron chi connectivity index (χ2n) is 13.2. The molecule has 8 heteroatoms. The monoisotopic (exact) mass is 792 g/mol. The van der Waals surface area contributed by atoms with E-state index in [-0.39, 0.29) is 1.43 Å². The van der Waals surface area contributed by atoms with Gasteiger partial charge in [-0.15, -0.1) is 0 Å². The third-order valence-electron chi connectivity index (χ3n) is 10.2. The van der Waals surface area contributed by atoms with E-state index in [0.29, 0.717) is 23.7 Å². The Kier molecular flexibility index (Phi) is 10.3.